The molecule has 2 aliphatic heterocycles. The van der Waals surface area contributed by atoms with E-state index in [1.54, 1.807) is 0 Å². The molecule has 0 aromatic rings. The van der Waals surface area contributed by atoms with Crippen LogP contribution in [0.4, 0.5) is 0 Å². The van der Waals surface area contributed by atoms with Gasteiger partial charge < -0.3 is 5.32 Å². The van der Waals surface area contributed by atoms with Gasteiger partial charge in [-0.1, -0.05) is 13.3 Å². The Morgan fingerprint density at radius 2 is 2.06 bits per heavy atom. The van der Waals surface area contributed by atoms with E-state index in [0.717, 1.165) is 12.1 Å². The van der Waals surface area contributed by atoms with E-state index >= 15 is 0 Å². The van der Waals surface area contributed by atoms with Gasteiger partial charge in [0.25, 0.3) is 0 Å². The molecule has 0 bridgehead atoms. The highest BCUT2D eigenvalue weighted by molar-refractivity contribution is 7.99. The van der Waals surface area contributed by atoms with Crippen molar-refractivity contribution in [2.45, 2.75) is 57.5 Å². The van der Waals surface area contributed by atoms with E-state index in [1.165, 1.54) is 69.7 Å². The van der Waals surface area contributed by atoms with Crippen LogP contribution in [0, 0.1) is 0 Å². The lowest BCUT2D eigenvalue weighted by Crippen LogP contribution is -2.45. The second-order valence-corrected chi connectivity index (χ2v) is 6.71. The molecule has 0 spiro atoms. The van der Waals surface area contributed by atoms with Crippen LogP contribution in [-0.2, 0) is 0 Å². The summed E-state index contributed by atoms with van der Waals surface area (Å²) >= 11 is 2.14. The molecular formula is C14H28N2S. The first-order valence-electron chi connectivity index (χ1n) is 7.45. The second-order valence-electron chi connectivity index (χ2n) is 5.49. The lowest BCUT2D eigenvalue weighted by Gasteiger charge is -2.35. The highest BCUT2D eigenvalue weighted by atomic mass is 32.2. The standard InChI is InChI=1S/C14H28N2S/c1-2-3-9-16(12-13-5-4-8-15-13)14-6-10-17-11-7-14/h13-15H,2-12H2,1H3. The molecule has 0 saturated carbocycles. The van der Waals surface area contributed by atoms with Crippen LogP contribution in [0.15, 0.2) is 0 Å². The smallest absolute Gasteiger partial charge is 0.0195 e. The Morgan fingerprint density at radius 1 is 1.24 bits per heavy atom. The fourth-order valence-corrected chi connectivity index (χ4v) is 4.11. The van der Waals surface area contributed by atoms with Crippen LogP contribution in [-0.4, -0.2) is 48.1 Å². The Hall–Kier alpha value is 0.270. The van der Waals surface area contributed by atoms with E-state index in [4.69, 9.17) is 0 Å². The minimum absolute atomic E-state index is 0.779. The summed E-state index contributed by atoms with van der Waals surface area (Å²) in [4.78, 5) is 2.80. The number of thioether (sulfide) groups is 1. The molecular weight excluding hydrogens is 228 g/mol. The van der Waals surface area contributed by atoms with Crippen LogP contribution in [0.5, 0.6) is 0 Å². The monoisotopic (exact) mass is 256 g/mol. The molecule has 0 aromatic carbocycles. The molecule has 2 nitrogen and oxygen atoms in total. The Labute approximate surface area is 111 Å². The zero-order chi connectivity index (χ0) is 11.9. The Kier molecular flexibility index (Phi) is 6.16. The van der Waals surface area contributed by atoms with Gasteiger partial charge in [0, 0.05) is 18.6 Å². The fraction of sp³-hybridized carbons (Fsp3) is 1.00. The van der Waals surface area contributed by atoms with E-state index in [-0.39, 0.29) is 0 Å². The van der Waals surface area contributed by atoms with Gasteiger partial charge in [0.15, 0.2) is 0 Å². The van der Waals surface area contributed by atoms with Crippen LogP contribution in [0.1, 0.15) is 45.4 Å². The lowest BCUT2D eigenvalue weighted by molar-refractivity contribution is 0.167. The van der Waals surface area contributed by atoms with Gasteiger partial charge in [0.2, 0.25) is 0 Å². The molecule has 2 saturated heterocycles. The van der Waals surface area contributed by atoms with Crippen molar-refractivity contribution in [3.63, 3.8) is 0 Å². The molecule has 2 fully saturated rings. The lowest BCUT2D eigenvalue weighted by atomic mass is 10.1. The normalized spacial score (nSPS) is 26.8. The predicted molar refractivity (Wildman–Crippen MR) is 77.9 cm³/mol. The number of nitrogens with one attached hydrogen (secondary N) is 1. The van der Waals surface area contributed by atoms with Crippen LogP contribution in [0.25, 0.3) is 0 Å². The first-order chi connectivity index (χ1) is 8.40. The van der Waals surface area contributed by atoms with Crippen molar-refractivity contribution in [3.8, 4) is 0 Å². The predicted octanol–water partition coefficient (Wildman–Crippen LogP) is 2.74. The van der Waals surface area contributed by atoms with Crippen LogP contribution >= 0.6 is 11.8 Å². The van der Waals surface area contributed by atoms with Crippen molar-refractivity contribution in [1.29, 1.82) is 0 Å². The van der Waals surface area contributed by atoms with Crippen molar-refractivity contribution in [1.82, 2.24) is 10.2 Å². The molecule has 1 unspecified atom stereocenters. The molecule has 100 valence electrons. The van der Waals surface area contributed by atoms with E-state index in [1.807, 2.05) is 0 Å². The average Bonchev–Trinajstić information content (AvgIpc) is 2.88. The summed E-state index contributed by atoms with van der Waals surface area (Å²) in [5, 5.41) is 3.66. The molecule has 17 heavy (non-hydrogen) atoms. The van der Waals surface area contributed by atoms with Crippen LogP contribution in [0.3, 0.4) is 0 Å². The van der Waals surface area contributed by atoms with Gasteiger partial charge in [-0.05, 0) is 56.7 Å². The third-order valence-electron chi connectivity index (χ3n) is 4.12. The minimum Gasteiger partial charge on any atom is -0.313 e. The topological polar surface area (TPSA) is 15.3 Å². The number of hydrogen-bond donors (Lipinski definition) is 1. The summed E-state index contributed by atoms with van der Waals surface area (Å²) in [5.74, 6) is 2.76. The maximum atomic E-state index is 3.66. The largest absolute Gasteiger partial charge is 0.313 e. The average molecular weight is 256 g/mol. The Bertz CT molecular complexity index is 198. The maximum absolute atomic E-state index is 3.66. The number of hydrogen-bond acceptors (Lipinski definition) is 3. The Balaban J connectivity index is 1.81. The van der Waals surface area contributed by atoms with Gasteiger partial charge in [-0.15, -0.1) is 0 Å². The first-order valence-corrected chi connectivity index (χ1v) is 8.61. The minimum atomic E-state index is 0.779. The fourth-order valence-electron chi connectivity index (χ4n) is 3.03. The molecule has 2 rings (SSSR count). The number of rotatable bonds is 6. The number of unbranched alkanes of at least 4 members (excludes halogenated alkanes) is 1. The summed E-state index contributed by atoms with van der Waals surface area (Å²) in [5.41, 5.74) is 0. The molecule has 2 heterocycles. The third-order valence-corrected chi connectivity index (χ3v) is 5.17. The van der Waals surface area contributed by atoms with Crippen LogP contribution in [0.2, 0.25) is 0 Å². The van der Waals surface area contributed by atoms with Gasteiger partial charge in [-0.25, -0.2) is 0 Å². The zero-order valence-electron chi connectivity index (χ0n) is 11.3. The highest BCUT2D eigenvalue weighted by Crippen LogP contribution is 2.23. The van der Waals surface area contributed by atoms with E-state index in [2.05, 4.69) is 28.9 Å². The Morgan fingerprint density at radius 3 is 2.71 bits per heavy atom. The third kappa shape index (κ3) is 4.46. The molecule has 0 aliphatic carbocycles. The van der Waals surface area contributed by atoms with Gasteiger partial charge in [-0.3, -0.25) is 4.90 Å². The molecule has 0 amide bonds. The van der Waals surface area contributed by atoms with Gasteiger partial charge >= 0.3 is 0 Å². The molecule has 1 atom stereocenters. The summed E-state index contributed by atoms with van der Waals surface area (Å²) in [6.07, 6.45) is 8.31. The van der Waals surface area contributed by atoms with Crippen molar-refractivity contribution < 1.29 is 0 Å². The van der Waals surface area contributed by atoms with Crippen molar-refractivity contribution in [2.24, 2.45) is 0 Å². The maximum Gasteiger partial charge on any atom is 0.0195 e. The first kappa shape index (κ1) is 13.7. The second kappa shape index (κ2) is 7.65. The summed E-state index contributed by atoms with van der Waals surface area (Å²) in [7, 11) is 0. The molecule has 0 aromatic heterocycles. The van der Waals surface area contributed by atoms with Gasteiger partial charge in [0.05, 0.1) is 0 Å². The van der Waals surface area contributed by atoms with E-state index in [9.17, 15) is 0 Å². The number of nitrogens with zero attached hydrogens (tertiary/aromatic N) is 1. The van der Waals surface area contributed by atoms with Crippen LogP contribution < -0.4 is 5.32 Å². The molecule has 2 aliphatic rings. The van der Waals surface area contributed by atoms with E-state index in [0.29, 0.717) is 0 Å². The van der Waals surface area contributed by atoms with Crippen molar-refractivity contribution in [3.05, 3.63) is 0 Å². The van der Waals surface area contributed by atoms with Crippen molar-refractivity contribution >= 4 is 11.8 Å². The van der Waals surface area contributed by atoms with Gasteiger partial charge in [0.1, 0.15) is 0 Å². The van der Waals surface area contributed by atoms with Crippen molar-refractivity contribution in [2.75, 3.05) is 31.1 Å². The summed E-state index contributed by atoms with van der Waals surface area (Å²) in [6.45, 7) is 6.18. The highest BCUT2D eigenvalue weighted by Gasteiger charge is 2.24. The summed E-state index contributed by atoms with van der Waals surface area (Å²) < 4.78 is 0. The SMILES string of the molecule is CCCCN(CC1CCCN1)C1CCSCC1. The molecule has 1 N–H and O–H groups in total. The quantitative estimate of drug-likeness (QED) is 0.787. The zero-order valence-corrected chi connectivity index (χ0v) is 12.1. The van der Waals surface area contributed by atoms with E-state index < -0.39 is 0 Å². The molecule has 0 radical (unpaired) electrons. The van der Waals surface area contributed by atoms with Gasteiger partial charge in [-0.2, -0.15) is 11.8 Å². The molecule has 3 heteroatoms. The summed E-state index contributed by atoms with van der Waals surface area (Å²) in [6, 6.07) is 1.66.